The molecular weight excluding hydrogens is 372 g/mol. The molecule has 156 valence electrons. The number of aliphatic hydroxyl groups excluding tert-OH is 1. The number of aliphatic hydroxyl groups is 1. The van der Waals surface area contributed by atoms with Crippen molar-refractivity contribution in [1.29, 1.82) is 0 Å². The number of allylic oxidation sites excluding steroid dienone is 5. The summed E-state index contributed by atoms with van der Waals surface area (Å²) in [6, 6.07) is 0. The molecule has 4 heteroatoms. The van der Waals surface area contributed by atoms with E-state index in [1.54, 1.807) is 0 Å². The van der Waals surface area contributed by atoms with Gasteiger partial charge in [-0.15, -0.1) is 11.6 Å². The van der Waals surface area contributed by atoms with Crippen LogP contribution >= 0.6 is 11.6 Å². The Morgan fingerprint density at radius 1 is 0.964 bits per heavy atom. The van der Waals surface area contributed by atoms with Crippen LogP contribution in [0.25, 0.3) is 0 Å². The van der Waals surface area contributed by atoms with E-state index in [0.29, 0.717) is 5.88 Å². The zero-order chi connectivity index (χ0) is 21.9. The predicted molar refractivity (Wildman–Crippen MR) is 117 cm³/mol. The fourth-order valence-corrected chi connectivity index (χ4v) is 4.44. The first-order chi connectivity index (χ1) is 12.8. The summed E-state index contributed by atoms with van der Waals surface area (Å²) < 4.78 is 0. The molecule has 0 radical (unpaired) electrons. The third kappa shape index (κ3) is 4.93. The van der Waals surface area contributed by atoms with Gasteiger partial charge in [0.05, 0.1) is 6.61 Å². The molecule has 0 bridgehead atoms. The number of carbonyl (C=O) groups is 2. The van der Waals surface area contributed by atoms with Gasteiger partial charge in [-0.25, -0.2) is 0 Å². The number of Topliss-reactive ketones (excluding diaryl/α,β-unsaturated/α-hetero) is 2. The van der Waals surface area contributed by atoms with Crippen molar-refractivity contribution in [2.75, 3.05) is 12.5 Å². The van der Waals surface area contributed by atoms with E-state index in [9.17, 15) is 9.59 Å². The lowest BCUT2D eigenvalue weighted by atomic mass is 9.66. The standard InChI is InChI=1S/C12H17ClO.C12H18O2/c2*1-8-5-6-10(9(2)7-13)12(3,4)11(8)14/h5,10H,2,6-7H2,1,3-4H3;5,10,13H,2,6-7H2,1,3-4H3/t2*10-/m00/s1. The number of halogens is 1. The van der Waals surface area contributed by atoms with Crippen LogP contribution in [0.4, 0.5) is 0 Å². The fourth-order valence-electron chi connectivity index (χ4n) is 4.25. The molecule has 2 aliphatic rings. The topological polar surface area (TPSA) is 54.4 Å². The Bertz CT molecular complexity index is 660. The first kappa shape index (κ1) is 24.6. The Hall–Kier alpha value is -1.45. The molecule has 0 spiro atoms. The van der Waals surface area contributed by atoms with Crippen LogP contribution in [-0.4, -0.2) is 29.2 Å². The molecule has 0 amide bonds. The highest BCUT2D eigenvalue weighted by Crippen LogP contribution is 2.42. The summed E-state index contributed by atoms with van der Waals surface area (Å²) in [6.07, 6.45) is 5.63. The minimum absolute atomic E-state index is 0.0335. The van der Waals surface area contributed by atoms with E-state index in [4.69, 9.17) is 16.7 Å². The molecule has 0 saturated carbocycles. The summed E-state index contributed by atoms with van der Waals surface area (Å²) in [5, 5.41) is 9.04. The molecule has 1 N–H and O–H groups in total. The maximum absolute atomic E-state index is 11.9. The molecule has 2 aliphatic carbocycles. The molecule has 0 unspecified atom stereocenters. The van der Waals surface area contributed by atoms with Crippen molar-refractivity contribution in [3.8, 4) is 0 Å². The molecule has 0 saturated heterocycles. The van der Waals surface area contributed by atoms with Gasteiger partial charge in [-0.05, 0) is 55.2 Å². The minimum atomic E-state index is -0.418. The highest BCUT2D eigenvalue weighted by atomic mass is 35.5. The van der Waals surface area contributed by atoms with Crippen molar-refractivity contribution >= 4 is 23.2 Å². The number of carbonyl (C=O) groups excluding carboxylic acids is 2. The number of alkyl halides is 1. The molecule has 2 rings (SSSR count). The first-order valence-corrected chi connectivity index (χ1v) is 10.3. The highest BCUT2D eigenvalue weighted by Gasteiger charge is 2.41. The van der Waals surface area contributed by atoms with Gasteiger partial charge in [0.15, 0.2) is 11.6 Å². The van der Waals surface area contributed by atoms with Crippen molar-refractivity contribution in [3.63, 3.8) is 0 Å². The molecule has 0 aliphatic heterocycles. The number of hydrogen-bond acceptors (Lipinski definition) is 3. The minimum Gasteiger partial charge on any atom is -0.392 e. The van der Waals surface area contributed by atoms with Crippen LogP contribution in [0.3, 0.4) is 0 Å². The van der Waals surface area contributed by atoms with Crippen molar-refractivity contribution in [2.24, 2.45) is 22.7 Å². The Balaban J connectivity index is 0.000000280. The molecule has 28 heavy (non-hydrogen) atoms. The van der Waals surface area contributed by atoms with Crippen LogP contribution in [0.2, 0.25) is 0 Å². The Labute approximate surface area is 175 Å². The lowest BCUT2D eigenvalue weighted by Gasteiger charge is -2.37. The van der Waals surface area contributed by atoms with Gasteiger partial charge in [-0.1, -0.05) is 58.6 Å². The summed E-state index contributed by atoms with van der Waals surface area (Å²) in [5.74, 6) is 1.09. The van der Waals surface area contributed by atoms with Crippen LogP contribution < -0.4 is 0 Å². The van der Waals surface area contributed by atoms with Gasteiger partial charge in [0.1, 0.15) is 0 Å². The van der Waals surface area contributed by atoms with E-state index in [1.807, 2.05) is 53.7 Å². The summed E-state index contributed by atoms with van der Waals surface area (Å²) in [7, 11) is 0. The van der Waals surface area contributed by atoms with E-state index >= 15 is 0 Å². The second-order valence-corrected chi connectivity index (χ2v) is 9.33. The Morgan fingerprint density at radius 3 is 1.64 bits per heavy atom. The van der Waals surface area contributed by atoms with E-state index in [1.165, 1.54) is 0 Å². The van der Waals surface area contributed by atoms with E-state index < -0.39 is 5.41 Å². The SMILES string of the molecule is C=C(CCl)[C@@H]1CC=C(C)C(=O)C1(C)C.C=C(CO)[C@@H]1CC=C(C)C(=O)C1(C)C. The van der Waals surface area contributed by atoms with Crippen LogP contribution in [0.5, 0.6) is 0 Å². The second kappa shape index (κ2) is 9.37. The first-order valence-electron chi connectivity index (χ1n) is 9.77. The van der Waals surface area contributed by atoms with E-state index in [0.717, 1.165) is 35.1 Å². The van der Waals surface area contributed by atoms with Gasteiger partial charge in [-0.2, -0.15) is 0 Å². The smallest absolute Gasteiger partial charge is 0.164 e. The van der Waals surface area contributed by atoms with Crippen LogP contribution in [0, 0.1) is 22.7 Å². The summed E-state index contributed by atoms with van der Waals surface area (Å²) >= 11 is 5.77. The fraction of sp³-hybridized carbons (Fsp3) is 0.583. The molecule has 0 aromatic rings. The van der Waals surface area contributed by atoms with Crippen molar-refractivity contribution in [2.45, 2.75) is 54.4 Å². The normalized spacial score (nSPS) is 25.9. The van der Waals surface area contributed by atoms with Crippen molar-refractivity contribution in [1.82, 2.24) is 0 Å². The van der Waals surface area contributed by atoms with Gasteiger partial charge in [0.2, 0.25) is 0 Å². The van der Waals surface area contributed by atoms with Gasteiger partial charge in [0, 0.05) is 16.7 Å². The Kier molecular flexibility index (Phi) is 8.22. The molecule has 0 heterocycles. The van der Waals surface area contributed by atoms with Crippen molar-refractivity contribution < 1.29 is 14.7 Å². The highest BCUT2D eigenvalue weighted by molar-refractivity contribution is 6.19. The third-order valence-corrected chi connectivity index (χ3v) is 6.65. The van der Waals surface area contributed by atoms with Crippen LogP contribution in [-0.2, 0) is 9.59 Å². The zero-order valence-electron chi connectivity index (χ0n) is 18.2. The van der Waals surface area contributed by atoms with Crippen LogP contribution in [0.15, 0.2) is 47.6 Å². The largest absolute Gasteiger partial charge is 0.392 e. The summed E-state index contributed by atoms with van der Waals surface area (Å²) in [4.78, 5) is 23.8. The molecule has 0 aromatic heterocycles. The van der Waals surface area contributed by atoms with Crippen LogP contribution in [0.1, 0.15) is 54.4 Å². The number of rotatable bonds is 4. The van der Waals surface area contributed by atoms with Gasteiger partial charge in [-0.3, -0.25) is 9.59 Å². The number of ketones is 2. The Morgan fingerprint density at radius 2 is 1.32 bits per heavy atom. The quantitative estimate of drug-likeness (QED) is 0.499. The average molecular weight is 407 g/mol. The van der Waals surface area contributed by atoms with Crippen molar-refractivity contribution in [3.05, 3.63) is 47.6 Å². The third-order valence-electron chi connectivity index (χ3n) is 6.31. The zero-order valence-corrected chi connectivity index (χ0v) is 18.9. The van der Waals surface area contributed by atoms with Gasteiger partial charge in [0.25, 0.3) is 0 Å². The van der Waals surface area contributed by atoms with Gasteiger partial charge >= 0.3 is 0 Å². The van der Waals surface area contributed by atoms with E-state index in [-0.39, 0.29) is 35.4 Å². The summed E-state index contributed by atoms with van der Waals surface area (Å²) in [6.45, 7) is 19.3. The monoisotopic (exact) mass is 406 g/mol. The molecule has 2 atom stereocenters. The second-order valence-electron chi connectivity index (χ2n) is 9.06. The predicted octanol–water partition coefficient (Wildman–Crippen LogP) is 5.44. The molecular formula is C24H35ClO3. The van der Waals surface area contributed by atoms with Gasteiger partial charge < -0.3 is 5.11 Å². The number of hydrogen-bond donors (Lipinski definition) is 1. The lowest BCUT2D eigenvalue weighted by Crippen LogP contribution is -2.37. The molecule has 0 fully saturated rings. The summed E-state index contributed by atoms with van der Waals surface area (Å²) in [5.41, 5.74) is 2.66. The lowest BCUT2D eigenvalue weighted by molar-refractivity contribution is -0.126. The van der Waals surface area contributed by atoms with E-state index in [2.05, 4.69) is 13.2 Å². The average Bonchev–Trinajstić information content (AvgIpc) is 2.64. The molecule has 0 aromatic carbocycles. The molecule has 3 nitrogen and oxygen atoms in total. The maximum Gasteiger partial charge on any atom is 0.164 e. The maximum atomic E-state index is 11.9.